The van der Waals surface area contributed by atoms with Crippen LogP contribution in [0.2, 0.25) is 0 Å². The molecule has 0 bridgehead atoms. The molecule has 0 spiro atoms. The van der Waals surface area contributed by atoms with Crippen LogP contribution in [0.4, 0.5) is 0 Å². The van der Waals surface area contributed by atoms with E-state index in [9.17, 15) is 0 Å². The summed E-state index contributed by atoms with van der Waals surface area (Å²) in [6.45, 7) is 0. The number of rotatable bonds is 3. The lowest BCUT2D eigenvalue weighted by molar-refractivity contribution is 0.439. The average molecular weight is 313 g/mol. The summed E-state index contributed by atoms with van der Waals surface area (Å²) in [4.78, 5) is 0. The van der Waals surface area contributed by atoms with Crippen molar-refractivity contribution in [1.82, 2.24) is 0 Å². The van der Waals surface area contributed by atoms with E-state index in [1.807, 2.05) is 7.11 Å². The Hall–Kier alpha value is -2.42. The SMILES string of the molecule is CO[Si](c1ccc2ccccc2c1)c1cccc2ccccc12. The average Bonchev–Trinajstić information content (AvgIpc) is 2.62. The van der Waals surface area contributed by atoms with Crippen LogP contribution in [0.3, 0.4) is 0 Å². The standard InChI is InChI=1S/C21H17OSi/c1-22-23(19-14-13-16-7-2-3-9-18(16)15-19)21-12-6-10-17-8-4-5-11-20(17)21/h2-15H,1H3. The highest BCUT2D eigenvalue weighted by Crippen LogP contribution is 2.14. The van der Waals surface area contributed by atoms with Crippen molar-refractivity contribution in [2.75, 3.05) is 7.11 Å². The molecule has 1 nitrogen and oxygen atoms in total. The predicted octanol–water partition coefficient (Wildman–Crippen LogP) is 3.75. The Kier molecular flexibility index (Phi) is 3.70. The van der Waals surface area contributed by atoms with Crippen molar-refractivity contribution in [2.24, 2.45) is 0 Å². The van der Waals surface area contributed by atoms with E-state index < -0.39 is 9.04 Å². The summed E-state index contributed by atoms with van der Waals surface area (Å²) in [7, 11) is 0.570. The number of benzene rings is 4. The molecule has 4 aromatic rings. The molecule has 111 valence electrons. The molecule has 0 aliphatic carbocycles. The second kappa shape index (κ2) is 5.99. The van der Waals surface area contributed by atoms with Gasteiger partial charge in [-0.25, -0.2) is 0 Å². The van der Waals surface area contributed by atoms with Crippen molar-refractivity contribution in [2.45, 2.75) is 0 Å². The summed E-state index contributed by atoms with van der Waals surface area (Å²) in [6.07, 6.45) is 0. The normalized spacial score (nSPS) is 11.4. The van der Waals surface area contributed by atoms with Gasteiger partial charge in [0.2, 0.25) is 0 Å². The molecule has 23 heavy (non-hydrogen) atoms. The molecule has 0 unspecified atom stereocenters. The highest BCUT2D eigenvalue weighted by molar-refractivity contribution is 6.82. The Balaban J connectivity index is 1.89. The maximum absolute atomic E-state index is 5.98. The molecule has 0 aliphatic rings. The Bertz CT molecular complexity index is 972. The second-order valence-corrected chi connectivity index (χ2v) is 7.80. The van der Waals surface area contributed by atoms with Crippen LogP contribution in [0.5, 0.6) is 0 Å². The molecular weight excluding hydrogens is 296 g/mol. The monoisotopic (exact) mass is 313 g/mol. The zero-order valence-electron chi connectivity index (χ0n) is 13.0. The third-order valence-corrected chi connectivity index (χ3v) is 6.42. The molecule has 0 heterocycles. The predicted molar refractivity (Wildman–Crippen MR) is 99.9 cm³/mol. The van der Waals surface area contributed by atoms with E-state index in [2.05, 4.69) is 84.9 Å². The van der Waals surface area contributed by atoms with Crippen LogP contribution in [0.15, 0.2) is 84.9 Å². The fourth-order valence-corrected chi connectivity index (χ4v) is 5.15. The molecule has 4 rings (SSSR count). The van der Waals surface area contributed by atoms with Crippen molar-refractivity contribution in [1.29, 1.82) is 0 Å². The lowest BCUT2D eigenvalue weighted by atomic mass is 10.1. The lowest BCUT2D eigenvalue weighted by Gasteiger charge is -2.16. The first-order valence-corrected chi connectivity index (χ1v) is 9.16. The summed E-state index contributed by atoms with van der Waals surface area (Å²) >= 11 is 0. The van der Waals surface area contributed by atoms with Crippen LogP contribution in [0.1, 0.15) is 0 Å². The number of fused-ring (bicyclic) bond motifs is 2. The minimum absolute atomic E-state index is 1.25. The molecule has 2 heteroatoms. The molecule has 0 saturated carbocycles. The van der Waals surface area contributed by atoms with Crippen LogP contribution < -0.4 is 10.4 Å². The minimum atomic E-state index is -1.25. The van der Waals surface area contributed by atoms with E-state index in [0.717, 1.165) is 0 Å². The number of hydrogen-bond acceptors (Lipinski definition) is 1. The van der Waals surface area contributed by atoms with Gasteiger partial charge in [-0.2, -0.15) is 0 Å². The molecule has 0 fully saturated rings. The Morgan fingerprint density at radius 3 is 2.17 bits per heavy atom. The summed E-state index contributed by atoms with van der Waals surface area (Å²) < 4.78 is 5.98. The van der Waals surface area contributed by atoms with Crippen LogP contribution in [-0.2, 0) is 4.43 Å². The van der Waals surface area contributed by atoms with Crippen LogP contribution >= 0.6 is 0 Å². The first kappa shape index (κ1) is 14.2. The van der Waals surface area contributed by atoms with E-state index in [1.54, 1.807) is 0 Å². The van der Waals surface area contributed by atoms with Gasteiger partial charge in [0.1, 0.15) is 0 Å². The van der Waals surface area contributed by atoms with Crippen molar-refractivity contribution in [3.63, 3.8) is 0 Å². The first-order chi connectivity index (χ1) is 11.4. The highest BCUT2D eigenvalue weighted by atomic mass is 28.3. The molecule has 0 aromatic heterocycles. The molecule has 0 amide bonds. The fraction of sp³-hybridized carbons (Fsp3) is 0.0476. The van der Waals surface area contributed by atoms with E-state index in [1.165, 1.54) is 31.9 Å². The summed E-state index contributed by atoms with van der Waals surface area (Å²) in [5, 5.41) is 7.69. The molecule has 0 N–H and O–H groups in total. The summed E-state index contributed by atoms with van der Waals surface area (Å²) in [5.41, 5.74) is 0. The Morgan fingerprint density at radius 2 is 1.35 bits per heavy atom. The van der Waals surface area contributed by atoms with Gasteiger partial charge in [-0.3, -0.25) is 0 Å². The van der Waals surface area contributed by atoms with E-state index in [0.29, 0.717) is 0 Å². The summed E-state index contributed by atoms with van der Waals surface area (Å²) in [6, 6.07) is 30.2. The molecular formula is C21H17OSi. The topological polar surface area (TPSA) is 9.23 Å². The van der Waals surface area contributed by atoms with Crippen LogP contribution in [-0.4, -0.2) is 16.2 Å². The van der Waals surface area contributed by atoms with Gasteiger partial charge in [0.25, 0.3) is 9.04 Å². The van der Waals surface area contributed by atoms with Gasteiger partial charge in [0.15, 0.2) is 0 Å². The molecule has 0 atom stereocenters. The van der Waals surface area contributed by atoms with Crippen LogP contribution in [0, 0.1) is 0 Å². The highest BCUT2D eigenvalue weighted by Gasteiger charge is 2.20. The van der Waals surface area contributed by atoms with E-state index in [-0.39, 0.29) is 0 Å². The minimum Gasteiger partial charge on any atom is -0.411 e. The third kappa shape index (κ3) is 2.56. The molecule has 0 aliphatic heterocycles. The lowest BCUT2D eigenvalue weighted by Crippen LogP contribution is -2.44. The van der Waals surface area contributed by atoms with Gasteiger partial charge >= 0.3 is 0 Å². The van der Waals surface area contributed by atoms with Gasteiger partial charge in [-0.15, -0.1) is 0 Å². The van der Waals surface area contributed by atoms with Crippen molar-refractivity contribution in [3.8, 4) is 0 Å². The van der Waals surface area contributed by atoms with Crippen molar-refractivity contribution >= 4 is 41.0 Å². The van der Waals surface area contributed by atoms with Crippen molar-refractivity contribution < 1.29 is 4.43 Å². The second-order valence-electron chi connectivity index (χ2n) is 5.62. The van der Waals surface area contributed by atoms with Gasteiger partial charge in [-0.1, -0.05) is 84.9 Å². The smallest absolute Gasteiger partial charge is 0.283 e. The fourth-order valence-electron chi connectivity index (χ4n) is 3.14. The maximum atomic E-state index is 5.98. The Morgan fingerprint density at radius 1 is 0.652 bits per heavy atom. The summed E-state index contributed by atoms with van der Waals surface area (Å²) in [5.74, 6) is 0. The molecule has 1 radical (unpaired) electrons. The Labute approximate surface area is 137 Å². The number of hydrogen-bond donors (Lipinski definition) is 0. The van der Waals surface area contributed by atoms with E-state index >= 15 is 0 Å². The quantitative estimate of drug-likeness (QED) is 0.524. The van der Waals surface area contributed by atoms with Gasteiger partial charge < -0.3 is 4.43 Å². The molecule has 4 aromatic carbocycles. The van der Waals surface area contributed by atoms with Crippen LogP contribution in [0.25, 0.3) is 21.5 Å². The maximum Gasteiger partial charge on any atom is 0.283 e. The van der Waals surface area contributed by atoms with Crippen molar-refractivity contribution in [3.05, 3.63) is 84.9 Å². The molecule has 0 saturated heterocycles. The zero-order valence-corrected chi connectivity index (χ0v) is 14.0. The third-order valence-electron chi connectivity index (χ3n) is 4.25. The largest absolute Gasteiger partial charge is 0.411 e. The van der Waals surface area contributed by atoms with E-state index in [4.69, 9.17) is 4.43 Å². The van der Waals surface area contributed by atoms with Gasteiger partial charge in [-0.05, 0) is 31.9 Å². The zero-order chi connectivity index (χ0) is 15.6. The van der Waals surface area contributed by atoms with Gasteiger partial charge in [0.05, 0.1) is 0 Å². The van der Waals surface area contributed by atoms with Gasteiger partial charge in [0, 0.05) is 7.11 Å². The first-order valence-electron chi connectivity index (χ1n) is 7.75.